The van der Waals surface area contributed by atoms with Crippen molar-refractivity contribution in [1.82, 2.24) is 0 Å². The monoisotopic (exact) mass is 426 g/mol. The molecule has 1 N–H and O–H groups in total. The summed E-state index contributed by atoms with van der Waals surface area (Å²) >= 11 is 0. The van der Waals surface area contributed by atoms with Crippen LogP contribution in [0.5, 0.6) is 0 Å². The van der Waals surface area contributed by atoms with Gasteiger partial charge in [-0.25, -0.2) is 0 Å². The van der Waals surface area contributed by atoms with Crippen molar-refractivity contribution < 1.29 is 9.90 Å². The summed E-state index contributed by atoms with van der Waals surface area (Å²) in [5, 5.41) is 10.2. The summed E-state index contributed by atoms with van der Waals surface area (Å²) < 4.78 is 0. The Kier molecular flexibility index (Phi) is 6.36. The molecule has 2 heteroatoms. The highest BCUT2D eigenvalue weighted by Gasteiger charge is 2.61. The number of ketones is 1. The van der Waals surface area contributed by atoms with Crippen molar-refractivity contribution in [2.75, 3.05) is 0 Å². The van der Waals surface area contributed by atoms with Crippen molar-refractivity contribution in [2.45, 2.75) is 99.0 Å². The van der Waals surface area contributed by atoms with E-state index in [-0.39, 0.29) is 22.9 Å². The molecule has 3 fully saturated rings. The van der Waals surface area contributed by atoms with Crippen molar-refractivity contribution in [3.05, 3.63) is 23.8 Å². The van der Waals surface area contributed by atoms with Crippen LogP contribution in [0, 0.1) is 52.3 Å². The summed E-state index contributed by atoms with van der Waals surface area (Å²) in [6, 6.07) is 0. The van der Waals surface area contributed by atoms with Gasteiger partial charge in [-0.1, -0.05) is 59.3 Å². The Balaban J connectivity index is 1.57. The van der Waals surface area contributed by atoms with Gasteiger partial charge in [0.2, 0.25) is 0 Å². The van der Waals surface area contributed by atoms with Gasteiger partial charge in [-0.05, 0) is 104 Å². The van der Waals surface area contributed by atoms with E-state index >= 15 is 0 Å². The zero-order valence-corrected chi connectivity index (χ0v) is 20.9. The first-order chi connectivity index (χ1) is 14.6. The van der Waals surface area contributed by atoms with Gasteiger partial charge in [0.15, 0.2) is 5.78 Å². The van der Waals surface area contributed by atoms with E-state index in [9.17, 15) is 9.90 Å². The lowest BCUT2D eigenvalue weighted by Crippen LogP contribution is -2.53. The predicted molar refractivity (Wildman–Crippen MR) is 129 cm³/mol. The standard InChI is InChI=1S/C29H46O2/c1-7-20(18(2)3)9-8-19(4)23-10-11-24-27-25(13-15-29(23,24)6)28(5)14-12-22(30)16-21(28)17-26(27)31/h8-9,17-20,22-25,27,30H,7,10-16H2,1-6H3/b9-8-/t19-,20-,22+,23-,24+,25+,27+,28+,29-/m1/s1. The highest BCUT2D eigenvalue weighted by molar-refractivity contribution is 5.94. The number of hydrogen-bond donors (Lipinski definition) is 1. The normalized spacial score (nSPS) is 44.6. The minimum atomic E-state index is -0.251. The molecule has 31 heavy (non-hydrogen) atoms. The molecule has 0 spiro atoms. The van der Waals surface area contributed by atoms with Crippen LogP contribution in [0.15, 0.2) is 23.8 Å². The van der Waals surface area contributed by atoms with Crippen LogP contribution in [0.1, 0.15) is 92.9 Å². The number of fused-ring (bicyclic) bond motifs is 5. The second-order valence-electron chi connectivity index (χ2n) is 12.4. The minimum Gasteiger partial charge on any atom is -0.393 e. The smallest absolute Gasteiger partial charge is 0.159 e. The minimum absolute atomic E-state index is 0.133. The Bertz CT molecular complexity index is 748. The number of hydrogen-bond acceptors (Lipinski definition) is 2. The van der Waals surface area contributed by atoms with Crippen molar-refractivity contribution in [2.24, 2.45) is 52.3 Å². The van der Waals surface area contributed by atoms with E-state index in [1.54, 1.807) is 0 Å². The molecule has 9 atom stereocenters. The van der Waals surface area contributed by atoms with Crippen molar-refractivity contribution in [3.63, 3.8) is 0 Å². The molecule has 3 saturated carbocycles. The van der Waals surface area contributed by atoms with E-state index in [4.69, 9.17) is 0 Å². The Morgan fingerprint density at radius 2 is 1.81 bits per heavy atom. The average Bonchev–Trinajstić information content (AvgIpc) is 3.06. The molecule has 0 aliphatic heterocycles. The van der Waals surface area contributed by atoms with E-state index < -0.39 is 0 Å². The third-order valence-corrected chi connectivity index (χ3v) is 10.6. The third kappa shape index (κ3) is 3.79. The van der Waals surface area contributed by atoms with Crippen LogP contribution in [0.3, 0.4) is 0 Å². The fourth-order valence-electron chi connectivity index (χ4n) is 8.57. The lowest BCUT2D eigenvalue weighted by atomic mass is 9.46. The fourth-order valence-corrected chi connectivity index (χ4v) is 8.57. The van der Waals surface area contributed by atoms with Gasteiger partial charge >= 0.3 is 0 Å². The average molecular weight is 427 g/mol. The second-order valence-corrected chi connectivity index (χ2v) is 12.4. The van der Waals surface area contributed by atoms with Crippen LogP contribution in [0.4, 0.5) is 0 Å². The molecule has 2 nitrogen and oxygen atoms in total. The Labute approximate surface area is 191 Å². The van der Waals surface area contributed by atoms with E-state index in [0.717, 1.165) is 12.8 Å². The molecule has 0 saturated heterocycles. The molecule has 0 aromatic carbocycles. The molecule has 4 aliphatic carbocycles. The third-order valence-electron chi connectivity index (χ3n) is 10.6. The maximum Gasteiger partial charge on any atom is 0.159 e. The van der Waals surface area contributed by atoms with Gasteiger partial charge < -0.3 is 5.11 Å². The van der Waals surface area contributed by atoms with Crippen molar-refractivity contribution >= 4 is 5.78 Å². The molecule has 0 radical (unpaired) electrons. The summed E-state index contributed by atoms with van der Waals surface area (Å²) in [6.45, 7) is 14.3. The fraction of sp³-hybridized carbons (Fsp3) is 0.828. The van der Waals surface area contributed by atoms with Gasteiger partial charge in [0.25, 0.3) is 0 Å². The Morgan fingerprint density at radius 1 is 1.06 bits per heavy atom. The topological polar surface area (TPSA) is 37.3 Å². The molecule has 0 bridgehead atoms. The lowest BCUT2D eigenvalue weighted by molar-refractivity contribution is -0.134. The first kappa shape index (κ1) is 23.3. The molecule has 0 aromatic heterocycles. The molecule has 174 valence electrons. The number of aliphatic hydroxyl groups is 1. The zero-order valence-electron chi connectivity index (χ0n) is 20.9. The van der Waals surface area contributed by atoms with E-state index in [0.29, 0.717) is 47.7 Å². The van der Waals surface area contributed by atoms with Crippen molar-refractivity contribution in [1.29, 1.82) is 0 Å². The first-order valence-corrected chi connectivity index (χ1v) is 13.2. The Morgan fingerprint density at radius 3 is 2.48 bits per heavy atom. The molecule has 4 rings (SSSR count). The largest absolute Gasteiger partial charge is 0.393 e. The van der Waals surface area contributed by atoms with Crippen LogP contribution in [-0.4, -0.2) is 17.0 Å². The quantitative estimate of drug-likeness (QED) is 0.481. The van der Waals surface area contributed by atoms with E-state index in [1.807, 2.05) is 6.08 Å². The Hall–Kier alpha value is -0.890. The van der Waals surface area contributed by atoms with Crippen LogP contribution >= 0.6 is 0 Å². The van der Waals surface area contributed by atoms with Gasteiger partial charge in [-0.15, -0.1) is 0 Å². The second kappa shape index (κ2) is 8.47. The summed E-state index contributed by atoms with van der Waals surface area (Å²) in [5.74, 6) is 4.27. The highest BCUT2D eigenvalue weighted by atomic mass is 16.3. The van der Waals surface area contributed by atoms with E-state index in [2.05, 4.69) is 53.7 Å². The molecular formula is C29H46O2. The predicted octanol–water partition coefficient (Wildman–Crippen LogP) is 6.98. The maximum atomic E-state index is 13.5. The molecule has 0 unspecified atom stereocenters. The molecule has 0 aromatic rings. The SMILES string of the molecule is CC[C@H](/C=C\[C@@H](C)[C@H]1CC[C@H]2[C@@H]3C(=O)C=C4C[C@@H](O)CC[C@]4(C)[C@H]3CC[C@]12C)C(C)C. The molecule has 4 aliphatic rings. The van der Waals surface area contributed by atoms with Crippen LogP contribution in [0.2, 0.25) is 0 Å². The number of carbonyl (C=O) groups excluding carboxylic acids is 1. The molecule has 0 amide bonds. The van der Waals surface area contributed by atoms with Gasteiger partial charge in [-0.2, -0.15) is 0 Å². The van der Waals surface area contributed by atoms with Gasteiger partial charge in [0, 0.05) is 5.92 Å². The number of rotatable bonds is 5. The van der Waals surface area contributed by atoms with Gasteiger partial charge in [0.1, 0.15) is 0 Å². The summed E-state index contributed by atoms with van der Waals surface area (Å²) in [7, 11) is 0. The van der Waals surface area contributed by atoms with Crippen LogP contribution in [0.25, 0.3) is 0 Å². The van der Waals surface area contributed by atoms with Crippen LogP contribution in [-0.2, 0) is 4.79 Å². The first-order valence-electron chi connectivity index (χ1n) is 13.2. The summed E-state index contributed by atoms with van der Waals surface area (Å²) in [4.78, 5) is 13.5. The number of carbonyl (C=O) groups is 1. The molecule has 0 heterocycles. The number of allylic oxidation sites excluding steroid dienone is 3. The van der Waals surface area contributed by atoms with E-state index in [1.165, 1.54) is 37.7 Å². The van der Waals surface area contributed by atoms with Gasteiger partial charge in [0.05, 0.1) is 6.10 Å². The summed E-state index contributed by atoms with van der Waals surface area (Å²) in [5.41, 5.74) is 1.68. The van der Waals surface area contributed by atoms with Crippen molar-refractivity contribution in [3.8, 4) is 0 Å². The zero-order chi connectivity index (χ0) is 22.6. The highest BCUT2D eigenvalue weighted by Crippen LogP contribution is 2.66. The van der Waals surface area contributed by atoms with Crippen LogP contribution < -0.4 is 0 Å². The lowest BCUT2D eigenvalue weighted by Gasteiger charge is -2.57. The van der Waals surface area contributed by atoms with Gasteiger partial charge in [-0.3, -0.25) is 4.79 Å². The molecular weight excluding hydrogens is 380 g/mol. The maximum absolute atomic E-state index is 13.5. The number of aliphatic hydroxyl groups excluding tert-OH is 1. The summed E-state index contributed by atoms with van der Waals surface area (Å²) in [6.07, 6.45) is 15.6.